The Morgan fingerprint density at radius 1 is 1.38 bits per heavy atom. The molecule has 2 rings (SSSR count). The van der Waals surface area contributed by atoms with E-state index in [1.165, 1.54) is 6.08 Å². The lowest BCUT2D eigenvalue weighted by atomic mass is 10.2. The van der Waals surface area contributed by atoms with Gasteiger partial charge in [0.25, 0.3) is 0 Å². The van der Waals surface area contributed by atoms with E-state index in [2.05, 4.69) is 21.5 Å². The average Bonchev–Trinajstić information content (AvgIpc) is 3.07. The Morgan fingerprint density at radius 2 is 2.15 bits per heavy atom. The summed E-state index contributed by atoms with van der Waals surface area (Å²) in [5.41, 5.74) is 7.47. The first-order chi connectivity index (χ1) is 12.7. The molecule has 0 amide bonds. The molecule has 0 saturated carbocycles. The van der Waals surface area contributed by atoms with Gasteiger partial charge in [-0.15, -0.1) is 0 Å². The number of nitrogen functional groups attached to an aromatic ring is 1. The molecular weight excluding hydrogens is 332 g/mol. The van der Waals surface area contributed by atoms with Crippen LogP contribution < -0.4 is 10.5 Å². The van der Waals surface area contributed by atoms with Crippen molar-refractivity contribution < 1.29 is 9.47 Å². The van der Waals surface area contributed by atoms with Crippen molar-refractivity contribution in [1.82, 2.24) is 19.5 Å². The standard InChI is InChI=1S/C16H18N6O2.C2H6/c1-3-12(10-17)6-4-5-7-22-11-19-13-14(18)20-16(21-15(13)22)24-9-8-23-2;1-2/h3-6,11H,1,7-9H2,2H3,(H2,18,20,21);1-2H3/b5-4+,12-6+;. The molecule has 2 aromatic rings. The van der Waals surface area contributed by atoms with Gasteiger partial charge >= 0.3 is 6.01 Å². The zero-order chi connectivity index (χ0) is 19.4. The highest BCUT2D eigenvalue weighted by atomic mass is 16.5. The number of allylic oxidation sites excluding steroid dienone is 5. The van der Waals surface area contributed by atoms with Crippen LogP contribution in [0.3, 0.4) is 0 Å². The molecule has 0 atom stereocenters. The Bertz CT molecular complexity index is 817. The lowest BCUT2D eigenvalue weighted by Gasteiger charge is -2.05. The summed E-state index contributed by atoms with van der Waals surface area (Å²) in [6, 6.07) is 2.20. The molecule has 0 aliphatic carbocycles. The number of imidazole rings is 1. The third-order valence-corrected chi connectivity index (χ3v) is 3.05. The van der Waals surface area contributed by atoms with Crippen molar-refractivity contribution in [2.75, 3.05) is 26.1 Å². The predicted molar refractivity (Wildman–Crippen MR) is 101 cm³/mol. The summed E-state index contributed by atoms with van der Waals surface area (Å²) < 4.78 is 12.1. The van der Waals surface area contributed by atoms with Gasteiger partial charge in [0.15, 0.2) is 17.0 Å². The minimum absolute atomic E-state index is 0.182. The van der Waals surface area contributed by atoms with Gasteiger partial charge in [0, 0.05) is 13.7 Å². The molecule has 0 radical (unpaired) electrons. The molecule has 26 heavy (non-hydrogen) atoms. The van der Waals surface area contributed by atoms with Crippen molar-refractivity contribution in [3.05, 3.63) is 42.8 Å². The largest absolute Gasteiger partial charge is 0.461 e. The highest BCUT2D eigenvalue weighted by Gasteiger charge is 2.11. The highest BCUT2D eigenvalue weighted by molar-refractivity contribution is 5.81. The number of ether oxygens (including phenoxy) is 2. The molecule has 0 aromatic carbocycles. The fourth-order valence-corrected chi connectivity index (χ4v) is 1.86. The van der Waals surface area contributed by atoms with E-state index in [1.54, 1.807) is 30.2 Å². The first-order valence-electron chi connectivity index (χ1n) is 8.19. The minimum atomic E-state index is 0.182. The van der Waals surface area contributed by atoms with Crippen molar-refractivity contribution in [2.45, 2.75) is 20.4 Å². The fourth-order valence-electron chi connectivity index (χ4n) is 1.86. The Kier molecular flexibility index (Phi) is 9.14. The zero-order valence-corrected chi connectivity index (χ0v) is 15.3. The van der Waals surface area contributed by atoms with E-state index in [4.69, 9.17) is 20.5 Å². The number of aromatic nitrogens is 4. The van der Waals surface area contributed by atoms with Crippen LogP contribution in [0.1, 0.15) is 13.8 Å². The number of fused-ring (bicyclic) bond motifs is 1. The maximum Gasteiger partial charge on any atom is 0.320 e. The summed E-state index contributed by atoms with van der Waals surface area (Å²) in [5, 5.41) is 8.81. The number of methoxy groups -OCH3 is 1. The number of nitrogens with two attached hydrogens (primary N) is 1. The third-order valence-electron chi connectivity index (χ3n) is 3.05. The van der Waals surface area contributed by atoms with E-state index in [1.807, 2.05) is 26.0 Å². The van der Waals surface area contributed by atoms with Crippen molar-refractivity contribution in [2.24, 2.45) is 0 Å². The molecule has 0 saturated heterocycles. The van der Waals surface area contributed by atoms with Crippen LogP contribution in [-0.4, -0.2) is 39.8 Å². The lowest BCUT2D eigenvalue weighted by molar-refractivity contribution is 0.141. The number of hydrogen-bond donors (Lipinski definition) is 1. The number of nitriles is 1. The summed E-state index contributed by atoms with van der Waals surface area (Å²) >= 11 is 0. The van der Waals surface area contributed by atoms with Gasteiger partial charge in [-0.3, -0.25) is 0 Å². The maximum absolute atomic E-state index is 8.81. The molecule has 2 heterocycles. The average molecular weight is 356 g/mol. The number of anilines is 1. The second-order valence-electron chi connectivity index (χ2n) is 4.67. The molecular formula is C18H24N6O2. The lowest BCUT2D eigenvalue weighted by Crippen LogP contribution is -2.08. The summed E-state index contributed by atoms with van der Waals surface area (Å²) in [5.74, 6) is 0.258. The molecule has 0 spiro atoms. The molecule has 138 valence electrons. The van der Waals surface area contributed by atoms with E-state index in [0.717, 1.165) is 0 Å². The van der Waals surface area contributed by atoms with Crippen molar-refractivity contribution >= 4 is 17.0 Å². The summed E-state index contributed by atoms with van der Waals surface area (Å²) in [6.45, 7) is 8.83. The molecule has 0 aliphatic rings. The smallest absolute Gasteiger partial charge is 0.320 e. The molecule has 0 unspecified atom stereocenters. The second-order valence-corrected chi connectivity index (χ2v) is 4.67. The predicted octanol–water partition coefficient (Wildman–Crippen LogP) is 2.65. The van der Waals surface area contributed by atoms with E-state index in [0.29, 0.717) is 36.5 Å². The fraction of sp³-hybridized carbons (Fsp3) is 0.333. The van der Waals surface area contributed by atoms with E-state index in [9.17, 15) is 0 Å². The quantitative estimate of drug-likeness (QED) is 0.439. The van der Waals surface area contributed by atoms with Crippen molar-refractivity contribution in [3.63, 3.8) is 0 Å². The molecule has 0 fully saturated rings. The molecule has 0 bridgehead atoms. The summed E-state index contributed by atoms with van der Waals surface area (Å²) in [4.78, 5) is 12.6. The molecule has 2 N–H and O–H groups in total. The molecule has 8 heteroatoms. The Hall–Kier alpha value is -3.18. The van der Waals surface area contributed by atoms with Gasteiger partial charge in [-0.25, -0.2) is 4.98 Å². The molecule has 8 nitrogen and oxygen atoms in total. The van der Waals surface area contributed by atoms with Crippen molar-refractivity contribution in [3.8, 4) is 12.1 Å². The Morgan fingerprint density at radius 3 is 2.81 bits per heavy atom. The number of hydrogen-bond acceptors (Lipinski definition) is 7. The van der Waals surface area contributed by atoms with Gasteiger partial charge in [0.1, 0.15) is 6.61 Å². The van der Waals surface area contributed by atoms with Gasteiger partial charge in [0.2, 0.25) is 0 Å². The second kappa shape index (κ2) is 11.4. The summed E-state index contributed by atoms with van der Waals surface area (Å²) in [6.07, 6.45) is 8.43. The van der Waals surface area contributed by atoms with Crippen LogP contribution >= 0.6 is 0 Å². The van der Waals surface area contributed by atoms with Gasteiger partial charge in [-0.1, -0.05) is 38.7 Å². The molecule has 2 aromatic heterocycles. The number of rotatable bonds is 8. The van der Waals surface area contributed by atoms with Crippen LogP contribution in [-0.2, 0) is 11.3 Å². The monoisotopic (exact) mass is 356 g/mol. The zero-order valence-electron chi connectivity index (χ0n) is 15.3. The molecule has 0 aliphatic heterocycles. The highest BCUT2D eigenvalue weighted by Crippen LogP contribution is 2.19. The van der Waals surface area contributed by atoms with Gasteiger partial charge in [-0.2, -0.15) is 15.2 Å². The number of nitrogens with zero attached hydrogens (tertiary/aromatic N) is 5. The van der Waals surface area contributed by atoms with Crippen molar-refractivity contribution in [1.29, 1.82) is 5.26 Å². The Labute approximate surface area is 153 Å². The van der Waals surface area contributed by atoms with Gasteiger partial charge in [0.05, 0.1) is 24.6 Å². The van der Waals surface area contributed by atoms with Crippen LogP contribution in [0.5, 0.6) is 6.01 Å². The SMILES string of the molecule is C=C/C(C#N)=C\C=C\Cn1cnc2c(N)nc(OCCOC)nc21.CC. The third kappa shape index (κ3) is 5.72. The van der Waals surface area contributed by atoms with E-state index in [-0.39, 0.29) is 11.8 Å². The van der Waals surface area contributed by atoms with Crippen LogP contribution in [0.2, 0.25) is 0 Å². The normalized spacial score (nSPS) is 11.1. The first kappa shape index (κ1) is 20.9. The van der Waals surface area contributed by atoms with Gasteiger partial charge < -0.3 is 19.8 Å². The van der Waals surface area contributed by atoms with Crippen LogP contribution in [0.25, 0.3) is 11.2 Å². The maximum atomic E-state index is 8.81. The van der Waals surface area contributed by atoms with Crippen LogP contribution in [0, 0.1) is 11.3 Å². The minimum Gasteiger partial charge on any atom is -0.461 e. The van der Waals surface area contributed by atoms with Crippen LogP contribution in [0.15, 0.2) is 42.8 Å². The first-order valence-corrected chi connectivity index (χ1v) is 8.19. The topological polar surface area (TPSA) is 112 Å². The van der Waals surface area contributed by atoms with E-state index >= 15 is 0 Å². The Balaban J connectivity index is 0.00000163. The van der Waals surface area contributed by atoms with E-state index < -0.39 is 0 Å². The van der Waals surface area contributed by atoms with Crippen LogP contribution in [0.4, 0.5) is 5.82 Å². The summed E-state index contributed by atoms with van der Waals surface area (Å²) in [7, 11) is 1.59. The van der Waals surface area contributed by atoms with Gasteiger partial charge in [-0.05, 0) is 6.08 Å².